The van der Waals surface area contributed by atoms with Crippen LogP contribution >= 0.6 is 0 Å². The number of sulfonamides is 1. The lowest BCUT2D eigenvalue weighted by atomic mass is 9.80. The van der Waals surface area contributed by atoms with Gasteiger partial charge in [-0.25, -0.2) is 13.2 Å². The molecule has 1 saturated heterocycles. The molecule has 0 amide bonds. The van der Waals surface area contributed by atoms with Crippen LogP contribution in [0.1, 0.15) is 75.9 Å². The third kappa shape index (κ3) is 5.58. The SMILES string of the molecule is COc1ccc(C(=O)Oc2cc(C(C)(C)C)cc(C(C)(C)C)c2)cc1S(=O)(=O)N1CCCC1. The van der Waals surface area contributed by atoms with E-state index in [1.807, 2.05) is 12.1 Å². The molecule has 0 aromatic heterocycles. The lowest BCUT2D eigenvalue weighted by Gasteiger charge is -2.26. The number of carbonyl (C=O) groups is 1. The summed E-state index contributed by atoms with van der Waals surface area (Å²) in [4.78, 5) is 13.1. The highest BCUT2D eigenvalue weighted by molar-refractivity contribution is 7.89. The van der Waals surface area contributed by atoms with E-state index in [0.717, 1.165) is 24.0 Å². The molecule has 2 aromatic rings. The number of carbonyl (C=O) groups excluding carboxylic acids is 1. The number of esters is 1. The summed E-state index contributed by atoms with van der Waals surface area (Å²) in [5.41, 5.74) is 2.03. The maximum atomic E-state index is 13.2. The maximum absolute atomic E-state index is 13.2. The van der Waals surface area contributed by atoms with Gasteiger partial charge in [0.2, 0.25) is 10.0 Å². The molecule has 0 radical (unpaired) electrons. The molecule has 0 spiro atoms. The molecular weight excluding hydrogens is 438 g/mol. The lowest BCUT2D eigenvalue weighted by molar-refractivity contribution is 0.0734. The van der Waals surface area contributed by atoms with Crippen molar-refractivity contribution < 1.29 is 22.7 Å². The number of benzene rings is 2. The largest absolute Gasteiger partial charge is 0.495 e. The van der Waals surface area contributed by atoms with E-state index in [1.165, 1.54) is 29.6 Å². The lowest BCUT2D eigenvalue weighted by Crippen LogP contribution is -2.28. The Morgan fingerprint density at radius 2 is 1.42 bits per heavy atom. The van der Waals surface area contributed by atoms with Gasteiger partial charge in [-0.15, -0.1) is 0 Å². The van der Waals surface area contributed by atoms with Gasteiger partial charge in [0.1, 0.15) is 16.4 Å². The highest BCUT2D eigenvalue weighted by Gasteiger charge is 2.31. The predicted octanol–water partition coefficient (Wildman–Crippen LogP) is 5.29. The van der Waals surface area contributed by atoms with Crippen molar-refractivity contribution in [1.82, 2.24) is 4.31 Å². The van der Waals surface area contributed by atoms with E-state index in [9.17, 15) is 13.2 Å². The minimum atomic E-state index is -3.76. The Hall–Kier alpha value is -2.38. The second-order valence-electron chi connectivity index (χ2n) is 10.6. The van der Waals surface area contributed by atoms with Crippen molar-refractivity contribution in [1.29, 1.82) is 0 Å². The molecule has 1 heterocycles. The molecule has 2 aromatic carbocycles. The van der Waals surface area contributed by atoms with Gasteiger partial charge in [-0.1, -0.05) is 47.6 Å². The van der Waals surface area contributed by atoms with Crippen molar-refractivity contribution in [3.8, 4) is 11.5 Å². The Bertz CT molecular complexity index is 1100. The van der Waals surface area contributed by atoms with Crippen molar-refractivity contribution in [2.24, 2.45) is 0 Å². The van der Waals surface area contributed by atoms with Crippen LogP contribution in [0.5, 0.6) is 11.5 Å². The average molecular weight is 474 g/mol. The van der Waals surface area contributed by atoms with Gasteiger partial charge in [0.05, 0.1) is 12.7 Å². The topological polar surface area (TPSA) is 72.9 Å². The van der Waals surface area contributed by atoms with E-state index in [0.29, 0.717) is 18.8 Å². The Balaban J connectivity index is 1.98. The summed E-state index contributed by atoms with van der Waals surface area (Å²) >= 11 is 0. The number of methoxy groups -OCH3 is 1. The molecule has 1 aliphatic rings. The standard InChI is InChI=1S/C26H35NO5S/c1-25(2,3)19-15-20(26(4,5)6)17-21(16-19)32-24(28)18-10-11-22(31-7)23(14-18)33(29,30)27-12-8-9-13-27/h10-11,14-17H,8-9,12-13H2,1-7H3. The van der Waals surface area contributed by atoms with E-state index in [1.54, 1.807) is 0 Å². The molecule has 0 saturated carbocycles. The molecule has 0 N–H and O–H groups in total. The van der Waals surface area contributed by atoms with Crippen LogP contribution in [0.2, 0.25) is 0 Å². The number of hydrogen-bond acceptors (Lipinski definition) is 5. The third-order valence-corrected chi connectivity index (χ3v) is 7.85. The van der Waals surface area contributed by atoms with Crippen LogP contribution in [0, 0.1) is 0 Å². The zero-order chi connectivity index (χ0) is 24.6. The summed E-state index contributed by atoms with van der Waals surface area (Å²) in [7, 11) is -2.34. The highest BCUT2D eigenvalue weighted by Crippen LogP contribution is 2.34. The number of hydrogen-bond donors (Lipinski definition) is 0. The van der Waals surface area contributed by atoms with E-state index in [4.69, 9.17) is 9.47 Å². The third-order valence-electron chi connectivity index (χ3n) is 5.93. The van der Waals surface area contributed by atoms with Gasteiger partial charge < -0.3 is 9.47 Å². The predicted molar refractivity (Wildman–Crippen MR) is 130 cm³/mol. The number of nitrogens with zero attached hydrogens (tertiary/aromatic N) is 1. The van der Waals surface area contributed by atoms with E-state index >= 15 is 0 Å². The molecule has 0 unspecified atom stereocenters. The first kappa shape index (κ1) is 25.2. The molecule has 1 fully saturated rings. The van der Waals surface area contributed by atoms with Crippen molar-refractivity contribution in [3.63, 3.8) is 0 Å². The molecule has 1 aliphatic heterocycles. The first-order chi connectivity index (χ1) is 15.2. The fourth-order valence-electron chi connectivity index (χ4n) is 3.76. The van der Waals surface area contributed by atoms with Gasteiger partial charge in [-0.05, 0) is 65.1 Å². The fourth-order valence-corrected chi connectivity index (χ4v) is 5.46. The summed E-state index contributed by atoms with van der Waals surface area (Å²) < 4.78 is 38.8. The van der Waals surface area contributed by atoms with Gasteiger partial charge >= 0.3 is 5.97 Å². The quantitative estimate of drug-likeness (QED) is 0.436. The van der Waals surface area contributed by atoms with Gasteiger partial charge in [0.15, 0.2) is 0 Å². The van der Waals surface area contributed by atoms with Gasteiger partial charge in [0.25, 0.3) is 0 Å². The maximum Gasteiger partial charge on any atom is 0.343 e. The Morgan fingerprint density at radius 3 is 1.91 bits per heavy atom. The zero-order valence-electron chi connectivity index (χ0n) is 20.7. The van der Waals surface area contributed by atoms with Crippen molar-refractivity contribution in [2.75, 3.05) is 20.2 Å². The van der Waals surface area contributed by atoms with Crippen LogP contribution in [0.15, 0.2) is 41.3 Å². The van der Waals surface area contributed by atoms with Crippen LogP contribution in [-0.4, -0.2) is 38.9 Å². The molecule has 33 heavy (non-hydrogen) atoms. The number of rotatable bonds is 5. The van der Waals surface area contributed by atoms with Crippen LogP contribution in [0.25, 0.3) is 0 Å². The van der Waals surface area contributed by atoms with Gasteiger partial charge in [-0.3, -0.25) is 0 Å². The number of ether oxygens (including phenoxy) is 2. The minimum Gasteiger partial charge on any atom is -0.495 e. The summed E-state index contributed by atoms with van der Waals surface area (Å²) in [5.74, 6) is 0.0433. The summed E-state index contributed by atoms with van der Waals surface area (Å²) in [6, 6.07) is 10.3. The normalized spacial score (nSPS) is 15.5. The van der Waals surface area contributed by atoms with Crippen LogP contribution in [0.3, 0.4) is 0 Å². The Morgan fingerprint density at radius 1 is 0.879 bits per heavy atom. The summed E-state index contributed by atoms with van der Waals surface area (Å²) in [6.45, 7) is 13.6. The highest BCUT2D eigenvalue weighted by atomic mass is 32.2. The zero-order valence-corrected chi connectivity index (χ0v) is 21.5. The Kier molecular flexibility index (Phi) is 6.97. The van der Waals surface area contributed by atoms with Crippen LogP contribution < -0.4 is 9.47 Å². The fraction of sp³-hybridized carbons (Fsp3) is 0.500. The summed E-state index contributed by atoms with van der Waals surface area (Å²) in [6.07, 6.45) is 1.65. The van der Waals surface area contributed by atoms with Crippen molar-refractivity contribution >= 4 is 16.0 Å². The van der Waals surface area contributed by atoms with Crippen LogP contribution in [0.4, 0.5) is 0 Å². The Labute approximate surface area is 198 Å². The monoisotopic (exact) mass is 473 g/mol. The molecule has 0 bridgehead atoms. The minimum absolute atomic E-state index is 0.0137. The van der Waals surface area contributed by atoms with E-state index in [2.05, 4.69) is 47.6 Å². The molecule has 6 nitrogen and oxygen atoms in total. The van der Waals surface area contributed by atoms with Crippen molar-refractivity contribution in [3.05, 3.63) is 53.1 Å². The smallest absolute Gasteiger partial charge is 0.343 e. The summed E-state index contributed by atoms with van der Waals surface area (Å²) in [5, 5.41) is 0. The van der Waals surface area contributed by atoms with Gasteiger partial charge in [0, 0.05) is 13.1 Å². The first-order valence-electron chi connectivity index (χ1n) is 11.3. The first-order valence-corrected chi connectivity index (χ1v) is 12.7. The second-order valence-corrected chi connectivity index (χ2v) is 12.5. The van der Waals surface area contributed by atoms with E-state index < -0.39 is 16.0 Å². The molecular formula is C26H35NO5S. The van der Waals surface area contributed by atoms with Crippen molar-refractivity contribution in [2.45, 2.75) is 70.1 Å². The molecule has 180 valence electrons. The average Bonchev–Trinajstić information content (AvgIpc) is 3.27. The van der Waals surface area contributed by atoms with E-state index in [-0.39, 0.29) is 27.0 Å². The molecule has 0 aliphatic carbocycles. The second kappa shape index (κ2) is 9.11. The molecule has 0 atom stereocenters. The molecule has 7 heteroatoms. The van der Waals surface area contributed by atoms with Gasteiger partial charge in [-0.2, -0.15) is 4.31 Å². The van der Waals surface area contributed by atoms with Crippen LogP contribution in [-0.2, 0) is 20.9 Å². The molecule has 3 rings (SSSR count).